The van der Waals surface area contributed by atoms with Crippen molar-refractivity contribution in [2.75, 3.05) is 0 Å². The van der Waals surface area contributed by atoms with Crippen LogP contribution in [0.5, 0.6) is 0 Å². The Hall–Kier alpha value is -2.90. The molecule has 0 spiro atoms. The van der Waals surface area contributed by atoms with E-state index in [9.17, 15) is 14.9 Å². The van der Waals surface area contributed by atoms with Crippen LogP contribution in [-0.2, 0) is 18.3 Å². The van der Waals surface area contributed by atoms with E-state index in [4.69, 9.17) is 11.6 Å². The molecule has 1 heterocycles. The molecule has 0 atom stereocenters. The van der Waals surface area contributed by atoms with E-state index in [0.717, 1.165) is 17.4 Å². The highest BCUT2D eigenvalue weighted by Gasteiger charge is 2.16. The zero-order valence-electron chi connectivity index (χ0n) is 12.9. The molecule has 0 amide bonds. The summed E-state index contributed by atoms with van der Waals surface area (Å²) in [6.07, 6.45) is 0.880. The summed E-state index contributed by atoms with van der Waals surface area (Å²) >= 11 is 5.97. The largest absolute Gasteiger partial charge is 0.314 e. The number of hydrogen-bond donors (Lipinski definition) is 0. The zero-order chi connectivity index (χ0) is 17.3. The van der Waals surface area contributed by atoms with Crippen LogP contribution in [-0.4, -0.2) is 10.9 Å². The Morgan fingerprint density at radius 3 is 2.50 bits per heavy atom. The van der Waals surface area contributed by atoms with Crippen LogP contribution < -0.4 is 5.56 Å². The van der Waals surface area contributed by atoms with Crippen LogP contribution >= 0.6 is 11.6 Å². The minimum atomic E-state index is -0.191. The van der Waals surface area contributed by atoms with Crippen LogP contribution in [0, 0.1) is 11.3 Å². The first-order chi connectivity index (χ1) is 11.6. The van der Waals surface area contributed by atoms with E-state index in [1.54, 1.807) is 37.4 Å². The van der Waals surface area contributed by atoms with Gasteiger partial charge in [0.25, 0.3) is 5.56 Å². The van der Waals surface area contributed by atoms with Gasteiger partial charge >= 0.3 is 0 Å². The summed E-state index contributed by atoms with van der Waals surface area (Å²) in [7, 11) is 1.65. The van der Waals surface area contributed by atoms with Gasteiger partial charge in [-0.2, -0.15) is 5.26 Å². The van der Waals surface area contributed by atoms with Crippen LogP contribution in [0.2, 0.25) is 5.02 Å². The number of fused-ring (bicyclic) bond motifs is 1. The Morgan fingerprint density at radius 2 is 1.88 bits per heavy atom. The van der Waals surface area contributed by atoms with Crippen molar-refractivity contribution in [2.24, 2.45) is 7.05 Å². The number of aromatic nitrogens is 1. The van der Waals surface area contributed by atoms with Gasteiger partial charge in [0.2, 0.25) is 0 Å². The highest BCUT2D eigenvalue weighted by atomic mass is 35.5. The summed E-state index contributed by atoms with van der Waals surface area (Å²) < 4.78 is 1.49. The van der Waals surface area contributed by atoms with Crippen molar-refractivity contribution in [2.45, 2.75) is 6.42 Å². The van der Waals surface area contributed by atoms with Crippen LogP contribution in [0.25, 0.3) is 21.9 Å². The molecule has 0 aliphatic carbocycles. The van der Waals surface area contributed by atoms with E-state index < -0.39 is 0 Å². The van der Waals surface area contributed by atoms with Crippen molar-refractivity contribution >= 4 is 28.7 Å². The minimum Gasteiger partial charge on any atom is -0.314 e. The normalized spacial score (nSPS) is 10.5. The van der Waals surface area contributed by atoms with E-state index in [1.807, 2.05) is 12.1 Å². The molecule has 0 fully saturated rings. The van der Waals surface area contributed by atoms with Crippen molar-refractivity contribution in [3.8, 4) is 17.2 Å². The van der Waals surface area contributed by atoms with Gasteiger partial charge in [-0.25, -0.2) is 0 Å². The molecule has 2 aromatic carbocycles. The Labute approximate surface area is 143 Å². The predicted octanol–water partition coefficient (Wildman–Crippen LogP) is 3.47. The molecule has 0 saturated heterocycles. The Morgan fingerprint density at radius 1 is 1.17 bits per heavy atom. The van der Waals surface area contributed by atoms with Gasteiger partial charge in [-0.1, -0.05) is 23.7 Å². The fraction of sp³-hybridized carbons (Fsp3) is 0.105. The maximum atomic E-state index is 12.6. The van der Waals surface area contributed by atoms with Crippen molar-refractivity contribution in [3.05, 3.63) is 69.1 Å². The quantitative estimate of drug-likeness (QED) is 0.688. The maximum absolute atomic E-state index is 12.6. The van der Waals surface area contributed by atoms with E-state index in [1.165, 1.54) is 4.57 Å². The molecule has 0 radical (unpaired) electrons. The van der Waals surface area contributed by atoms with Gasteiger partial charge in [0.15, 0.2) is 0 Å². The molecule has 0 unspecified atom stereocenters. The van der Waals surface area contributed by atoms with Crippen LogP contribution in [0.4, 0.5) is 0 Å². The Balaban J connectivity index is 2.51. The molecule has 24 heavy (non-hydrogen) atoms. The fourth-order valence-corrected chi connectivity index (χ4v) is 3.02. The molecule has 0 saturated carbocycles. The first kappa shape index (κ1) is 16.0. The van der Waals surface area contributed by atoms with Gasteiger partial charge in [-0.15, -0.1) is 0 Å². The predicted molar refractivity (Wildman–Crippen MR) is 94.1 cm³/mol. The van der Waals surface area contributed by atoms with E-state index in [-0.39, 0.29) is 12.0 Å². The number of nitriles is 1. The number of benzene rings is 2. The smallest absolute Gasteiger partial charge is 0.258 e. The lowest BCUT2D eigenvalue weighted by atomic mass is 9.94. The number of aldehydes is 1. The molecule has 3 aromatic rings. The Kier molecular flexibility index (Phi) is 4.20. The van der Waals surface area contributed by atoms with Gasteiger partial charge in [0.05, 0.1) is 11.6 Å². The van der Waals surface area contributed by atoms with Crippen molar-refractivity contribution in [1.29, 1.82) is 5.26 Å². The van der Waals surface area contributed by atoms with Gasteiger partial charge in [0, 0.05) is 35.1 Å². The molecule has 0 bridgehead atoms. The first-order valence-corrected chi connectivity index (χ1v) is 7.70. The highest BCUT2D eigenvalue weighted by molar-refractivity contribution is 6.30. The molecular formula is C19H13ClN2O2. The summed E-state index contributed by atoms with van der Waals surface area (Å²) in [4.78, 5) is 23.7. The van der Waals surface area contributed by atoms with Crippen LogP contribution in [0.3, 0.4) is 0 Å². The molecule has 0 aliphatic rings. The lowest BCUT2D eigenvalue weighted by Gasteiger charge is -2.16. The molecule has 4 nitrogen and oxygen atoms in total. The summed E-state index contributed by atoms with van der Waals surface area (Å²) in [5, 5.41) is 11.0. The third-order valence-electron chi connectivity index (χ3n) is 4.06. The molecule has 1 aromatic heterocycles. The molecule has 0 aliphatic heterocycles. The van der Waals surface area contributed by atoms with Crippen molar-refractivity contribution in [1.82, 2.24) is 4.57 Å². The Bertz CT molecular complexity index is 1040. The lowest BCUT2D eigenvalue weighted by Crippen LogP contribution is -2.22. The van der Waals surface area contributed by atoms with Gasteiger partial charge in [0.1, 0.15) is 6.29 Å². The second-order valence-corrected chi connectivity index (χ2v) is 5.87. The first-order valence-electron chi connectivity index (χ1n) is 7.32. The number of pyridine rings is 1. The number of carbonyl (C=O) groups is 1. The van der Waals surface area contributed by atoms with E-state index >= 15 is 0 Å². The monoisotopic (exact) mass is 336 g/mol. The SMILES string of the molecule is Cn1c(CC=O)c(-c2ccc(Cl)cc2)c2cc(C#N)ccc2c1=O. The number of hydrogen-bond acceptors (Lipinski definition) is 3. The highest BCUT2D eigenvalue weighted by Crippen LogP contribution is 2.32. The fourth-order valence-electron chi connectivity index (χ4n) is 2.89. The molecule has 0 N–H and O–H groups in total. The summed E-state index contributed by atoms with van der Waals surface area (Å²) in [5.41, 5.74) is 2.49. The van der Waals surface area contributed by atoms with Gasteiger partial charge in [-0.05, 0) is 41.3 Å². The number of nitrogens with zero attached hydrogens (tertiary/aromatic N) is 2. The van der Waals surface area contributed by atoms with Crippen molar-refractivity contribution in [3.63, 3.8) is 0 Å². The molecular weight excluding hydrogens is 324 g/mol. The summed E-state index contributed by atoms with van der Waals surface area (Å²) in [6.45, 7) is 0. The number of halogens is 1. The minimum absolute atomic E-state index is 0.108. The third-order valence-corrected chi connectivity index (χ3v) is 4.31. The van der Waals surface area contributed by atoms with Gasteiger partial charge in [-0.3, -0.25) is 4.79 Å². The number of carbonyl (C=O) groups excluding carboxylic acids is 1. The van der Waals surface area contributed by atoms with Crippen LogP contribution in [0.15, 0.2) is 47.3 Å². The second kappa shape index (κ2) is 6.31. The topological polar surface area (TPSA) is 62.9 Å². The number of rotatable bonds is 3. The average Bonchev–Trinajstić information content (AvgIpc) is 2.60. The molecule has 118 valence electrons. The zero-order valence-corrected chi connectivity index (χ0v) is 13.7. The third kappa shape index (κ3) is 2.60. The standard InChI is InChI=1S/C19H13ClN2O2/c1-22-17(8-9-23)18(13-3-5-14(20)6-4-13)16-10-12(11-21)2-7-15(16)19(22)24/h2-7,9-10H,8H2,1H3. The van der Waals surface area contributed by atoms with Crippen molar-refractivity contribution < 1.29 is 4.79 Å². The second-order valence-electron chi connectivity index (χ2n) is 5.44. The summed E-state index contributed by atoms with van der Waals surface area (Å²) in [6, 6.07) is 14.3. The summed E-state index contributed by atoms with van der Waals surface area (Å²) in [5.74, 6) is 0. The van der Waals surface area contributed by atoms with Crippen LogP contribution in [0.1, 0.15) is 11.3 Å². The molecule has 3 rings (SSSR count). The average molecular weight is 337 g/mol. The molecule has 5 heteroatoms. The van der Waals surface area contributed by atoms with Gasteiger partial charge < -0.3 is 9.36 Å². The lowest BCUT2D eigenvalue weighted by molar-refractivity contribution is -0.107. The maximum Gasteiger partial charge on any atom is 0.258 e. The van der Waals surface area contributed by atoms with E-state index in [0.29, 0.717) is 27.1 Å². The van der Waals surface area contributed by atoms with E-state index in [2.05, 4.69) is 6.07 Å².